The number of amides is 2. The second-order valence-electron chi connectivity index (χ2n) is 8.39. The number of hydrogen-bond acceptors (Lipinski definition) is 4. The molecule has 1 fully saturated rings. The molecule has 1 aliphatic rings. The second kappa shape index (κ2) is 10.9. The number of ether oxygens (including phenoxy) is 1. The summed E-state index contributed by atoms with van der Waals surface area (Å²) < 4.78 is 18.9. The van der Waals surface area contributed by atoms with Gasteiger partial charge in [0.1, 0.15) is 0 Å². The van der Waals surface area contributed by atoms with Crippen molar-refractivity contribution in [3.63, 3.8) is 0 Å². The van der Waals surface area contributed by atoms with E-state index < -0.39 is 0 Å². The normalized spacial score (nSPS) is 14.4. The molecular weight excluding hydrogens is 433 g/mol. The van der Waals surface area contributed by atoms with E-state index in [4.69, 9.17) is 4.74 Å². The number of carbonyl (C=O) groups is 2. The number of nitrogens with one attached hydrogen (secondary N) is 2. The lowest BCUT2D eigenvalue weighted by molar-refractivity contribution is 0.0908. The predicted molar refractivity (Wildman–Crippen MR) is 130 cm³/mol. The highest BCUT2D eigenvalue weighted by Gasteiger charge is 2.21. The Morgan fingerprint density at radius 2 is 1.62 bits per heavy atom. The van der Waals surface area contributed by atoms with Crippen LogP contribution in [0.4, 0.5) is 10.1 Å². The van der Waals surface area contributed by atoms with E-state index in [0.717, 1.165) is 31.5 Å². The third-order valence-corrected chi connectivity index (χ3v) is 5.99. The number of likely N-dealkylation sites (tertiary alicyclic amines) is 1. The Hall–Kier alpha value is -3.71. The number of nitrogens with zero attached hydrogens (tertiary/aromatic N) is 1. The molecule has 2 N–H and O–H groups in total. The van der Waals surface area contributed by atoms with E-state index in [9.17, 15) is 14.0 Å². The van der Waals surface area contributed by atoms with E-state index in [1.165, 1.54) is 13.2 Å². The van der Waals surface area contributed by atoms with Crippen molar-refractivity contribution in [2.24, 2.45) is 0 Å². The van der Waals surface area contributed by atoms with Crippen molar-refractivity contribution in [1.82, 2.24) is 10.2 Å². The third kappa shape index (κ3) is 5.99. The molecule has 0 aromatic heterocycles. The monoisotopic (exact) mass is 461 g/mol. The topological polar surface area (TPSA) is 70.7 Å². The number of piperidine rings is 1. The fourth-order valence-corrected chi connectivity index (χ4v) is 4.07. The standard InChI is InChI=1S/C27H28FN3O3/c1-34-25-12-7-19(17-24(25)28)18-31-15-13-23(14-16-31)30-27(33)21-8-10-22(11-9-21)29-26(32)20-5-3-2-4-6-20/h2-12,17,23H,13-16,18H2,1H3,(H,29,32)(H,30,33). The molecule has 0 aliphatic carbocycles. The summed E-state index contributed by atoms with van der Waals surface area (Å²) in [5.41, 5.74) is 2.66. The Bertz CT molecular complexity index is 1130. The molecule has 2 amide bonds. The van der Waals surface area contributed by atoms with Crippen LogP contribution in [0.25, 0.3) is 0 Å². The van der Waals surface area contributed by atoms with Crippen LogP contribution in [0.2, 0.25) is 0 Å². The van der Waals surface area contributed by atoms with Crippen LogP contribution < -0.4 is 15.4 Å². The van der Waals surface area contributed by atoms with Gasteiger partial charge in [0, 0.05) is 42.5 Å². The smallest absolute Gasteiger partial charge is 0.255 e. The van der Waals surface area contributed by atoms with Gasteiger partial charge >= 0.3 is 0 Å². The molecule has 4 rings (SSSR count). The summed E-state index contributed by atoms with van der Waals surface area (Å²) in [6, 6.07) is 21.0. The first-order chi connectivity index (χ1) is 16.5. The van der Waals surface area contributed by atoms with Gasteiger partial charge in [-0.15, -0.1) is 0 Å². The minimum Gasteiger partial charge on any atom is -0.494 e. The number of hydrogen-bond donors (Lipinski definition) is 2. The van der Waals surface area contributed by atoms with Crippen LogP contribution in [0.1, 0.15) is 39.1 Å². The van der Waals surface area contributed by atoms with Gasteiger partial charge < -0.3 is 15.4 Å². The van der Waals surface area contributed by atoms with Crippen molar-refractivity contribution in [3.8, 4) is 5.75 Å². The van der Waals surface area contributed by atoms with E-state index in [0.29, 0.717) is 23.4 Å². The van der Waals surface area contributed by atoms with Crippen molar-refractivity contribution in [2.75, 3.05) is 25.5 Å². The summed E-state index contributed by atoms with van der Waals surface area (Å²) in [6.07, 6.45) is 1.66. The Labute approximate surface area is 198 Å². The molecule has 0 radical (unpaired) electrons. The Morgan fingerprint density at radius 1 is 0.941 bits per heavy atom. The van der Waals surface area contributed by atoms with Gasteiger partial charge in [0.05, 0.1) is 7.11 Å². The molecule has 1 saturated heterocycles. The van der Waals surface area contributed by atoms with Crippen molar-refractivity contribution in [3.05, 3.63) is 95.3 Å². The van der Waals surface area contributed by atoms with Crippen LogP contribution >= 0.6 is 0 Å². The van der Waals surface area contributed by atoms with Gasteiger partial charge in [-0.1, -0.05) is 24.3 Å². The number of anilines is 1. The molecule has 0 spiro atoms. The summed E-state index contributed by atoms with van der Waals surface area (Å²) >= 11 is 0. The quantitative estimate of drug-likeness (QED) is 0.544. The van der Waals surface area contributed by atoms with Gasteiger partial charge in [-0.3, -0.25) is 14.5 Å². The van der Waals surface area contributed by atoms with Crippen molar-refractivity contribution < 1.29 is 18.7 Å². The summed E-state index contributed by atoms with van der Waals surface area (Å²) in [4.78, 5) is 27.2. The summed E-state index contributed by atoms with van der Waals surface area (Å²) in [7, 11) is 1.45. The minimum atomic E-state index is -0.354. The molecule has 0 bridgehead atoms. The van der Waals surface area contributed by atoms with Crippen LogP contribution in [0, 0.1) is 5.82 Å². The summed E-state index contributed by atoms with van der Waals surface area (Å²) in [5, 5.41) is 5.93. The zero-order chi connectivity index (χ0) is 23.9. The lowest BCUT2D eigenvalue weighted by Gasteiger charge is -2.32. The molecule has 1 aliphatic heterocycles. The molecule has 7 heteroatoms. The molecule has 6 nitrogen and oxygen atoms in total. The Kier molecular flexibility index (Phi) is 7.54. The molecule has 0 saturated carbocycles. The maximum Gasteiger partial charge on any atom is 0.255 e. The van der Waals surface area contributed by atoms with E-state index >= 15 is 0 Å². The van der Waals surface area contributed by atoms with Crippen LogP contribution in [0.5, 0.6) is 5.75 Å². The highest BCUT2D eigenvalue weighted by molar-refractivity contribution is 6.04. The first-order valence-corrected chi connectivity index (χ1v) is 11.3. The molecular formula is C27H28FN3O3. The molecule has 0 unspecified atom stereocenters. The fraction of sp³-hybridized carbons (Fsp3) is 0.259. The average molecular weight is 462 g/mol. The number of benzene rings is 3. The highest BCUT2D eigenvalue weighted by Crippen LogP contribution is 2.20. The molecule has 176 valence electrons. The Balaban J connectivity index is 1.24. The van der Waals surface area contributed by atoms with Crippen LogP contribution in [0.3, 0.4) is 0 Å². The zero-order valence-electron chi connectivity index (χ0n) is 19.1. The van der Waals surface area contributed by atoms with E-state index in [1.807, 2.05) is 24.3 Å². The predicted octanol–water partition coefficient (Wildman–Crippen LogP) is 4.48. The van der Waals surface area contributed by atoms with Gasteiger partial charge in [-0.25, -0.2) is 4.39 Å². The number of halogens is 1. The van der Waals surface area contributed by atoms with Crippen molar-refractivity contribution in [1.29, 1.82) is 0 Å². The van der Waals surface area contributed by atoms with Gasteiger partial charge in [0.25, 0.3) is 11.8 Å². The highest BCUT2D eigenvalue weighted by atomic mass is 19.1. The Morgan fingerprint density at radius 3 is 2.26 bits per heavy atom. The molecule has 34 heavy (non-hydrogen) atoms. The lowest BCUT2D eigenvalue weighted by Crippen LogP contribution is -2.44. The van der Waals surface area contributed by atoms with E-state index in [1.54, 1.807) is 42.5 Å². The maximum absolute atomic E-state index is 13.9. The zero-order valence-corrected chi connectivity index (χ0v) is 19.1. The van der Waals surface area contributed by atoms with Gasteiger partial charge in [0.15, 0.2) is 11.6 Å². The number of rotatable bonds is 7. The minimum absolute atomic E-state index is 0.0915. The van der Waals surface area contributed by atoms with Gasteiger partial charge in [0.2, 0.25) is 0 Å². The van der Waals surface area contributed by atoms with Crippen molar-refractivity contribution in [2.45, 2.75) is 25.4 Å². The number of methoxy groups -OCH3 is 1. The molecule has 3 aromatic carbocycles. The van der Waals surface area contributed by atoms with Crippen molar-refractivity contribution >= 4 is 17.5 Å². The molecule has 3 aromatic rings. The number of carbonyl (C=O) groups excluding carboxylic acids is 2. The SMILES string of the molecule is COc1ccc(CN2CCC(NC(=O)c3ccc(NC(=O)c4ccccc4)cc3)CC2)cc1F. The first-order valence-electron chi connectivity index (χ1n) is 11.3. The summed E-state index contributed by atoms with van der Waals surface area (Å²) in [5.74, 6) is -0.428. The average Bonchev–Trinajstić information content (AvgIpc) is 2.86. The van der Waals surface area contributed by atoms with Crippen LogP contribution in [-0.4, -0.2) is 43.0 Å². The molecule has 0 atom stereocenters. The third-order valence-electron chi connectivity index (χ3n) is 5.99. The van der Waals surface area contributed by atoms with Crippen LogP contribution in [-0.2, 0) is 6.54 Å². The molecule has 1 heterocycles. The van der Waals surface area contributed by atoms with E-state index in [-0.39, 0.29) is 29.4 Å². The first kappa shape index (κ1) is 23.4. The van der Waals surface area contributed by atoms with E-state index in [2.05, 4.69) is 15.5 Å². The second-order valence-corrected chi connectivity index (χ2v) is 8.39. The van der Waals surface area contributed by atoms with Gasteiger partial charge in [-0.2, -0.15) is 0 Å². The largest absolute Gasteiger partial charge is 0.494 e. The van der Waals surface area contributed by atoms with Crippen LogP contribution in [0.15, 0.2) is 72.8 Å². The van der Waals surface area contributed by atoms with Gasteiger partial charge in [-0.05, 0) is 66.9 Å². The lowest BCUT2D eigenvalue weighted by atomic mass is 10.0. The fourth-order valence-electron chi connectivity index (χ4n) is 4.07. The summed E-state index contributed by atoms with van der Waals surface area (Å²) in [6.45, 7) is 2.31. The maximum atomic E-state index is 13.9.